The molecule has 5 nitrogen and oxygen atoms in total. The number of esters is 1. The highest BCUT2D eigenvalue weighted by molar-refractivity contribution is 5.71. The molecule has 0 N–H and O–H groups in total. The number of hydrogen-bond acceptors (Lipinski definition) is 4. The van der Waals surface area contributed by atoms with Crippen molar-refractivity contribution in [3.63, 3.8) is 0 Å². The van der Waals surface area contributed by atoms with E-state index in [1.54, 1.807) is 0 Å². The molecule has 1 heterocycles. The normalized spacial score (nSPS) is 10.9. The summed E-state index contributed by atoms with van der Waals surface area (Å²) in [7, 11) is 1.41. The van der Waals surface area contributed by atoms with Gasteiger partial charge in [0.1, 0.15) is 0 Å². The highest BCUT2D eigenvalue weighted by atomic mass is 16.5. The third-order valence-corrected chi connectivity index (χ3v) is 2.70. The third kappa shape index (κ3) is 3.85. The molecule has 0 aliphatic carbocycles. The summed E-state index contributed by atoms with van der Waals surface area (Å²) in [5.41, 5.74) is 2.15. The molecule has 96 valence electrons. The molecule has 0 amide bonds. The van der Waals surface area contributed by atoms with Crippen LogP contribution in [0.1, 0.15) is 25.2 Å². The lowest BCUT2D eigenvalue weighted by Gasteiger charge is -2.19. The van der Waals surface area contributed by atoms with Crippen LogP contribution in [0, 0.1) is 6.92 Å². The number of carbonyl (C=O) groups is 1. The van der Waals surface area contributed by atoms with Crippen molar-refractivity contribution < 1.29 is 9.53 Å². The van der Waals surface area contributed by atoms with Crippen LogP contribution in [-0.2, 0) is 22.6 Å². The Bertz CT molecular complexity index is 374. The van der Waals surface area contributed by atoms with E-state index in [4.69, 9.17) is 0 Å². The van der Waals surface area contributed by atoms with Gasteiger partial charge in [0.2, 0.25) is 0 Å². The van der Waals surface area contributed by atoms with Crippen molar-refractivity contribution in [3.8, 4) is 0 Å². The predicted octanol–water partition coefficient (Wildman–Crippen LogP) is 1.21. The quantitative estimate of drug-likeness (QED) is 0.700. The van der Waals surface area contributed by atoms with Gasteiger partial charge in [-0.15, -0.1) is 0 Å². The molecule has 0 saturated carbocycles. The number of likely N-dealkylation sites (N-methyl/N-ethyl adjacent to an activating group) is 1. The largest absolute Gasteiger partial charge is 0.468 e. The van der Waals surface area contributed by atoms with E-state index in [0.29, 0.717) is 6.54 Å². The average Bonchev–Trinajstić information content (AvgIpc) is 2.68. The van der Waals surface area contributed by atoms with Crippen molar-refractivity contribution in [1.82, 2.24) is 14.7 Å². The number of hydrogen-bond donors (Lipinski definition) is 0. The van der Waals surface area contributed by atoms with E-state index in [0.717, 1.165) is 31.0 Å². The molecule has 0 unspecified atom stereocenters. The smallest absolute Gasteiger partial charge is 0.319 e. The second-order valence-corrected chi connectivity index (χ2v) is 3.97. The lowest BCUT2D eigenvalue weighted by molar-refractivity contribution is -0.142. The number of aryl methyl sites for hydroxylation is 2. The monoisotopic (exact) mass is 239 g/mol. The number of methoxy groups -OCH3 is 1. The summed E-state index contributed by atoms with van der Waals surface area (Å²) >= 11 is 0. The number of ether oxygens (including phenoxy) is 1. The maximum absolute atomic E-state index is 11.2. The van der Waals surface area contributed by atoms with E-state index in [1.807, 2.05) is 23.4 Å². The van der Waals surface area contributed by atoms with Crippen molar-refractivity contribution >= 4 is 5.97 Å². The van der Waals surface area contributed by atoms with Crippen molar-refractivity contribution in [2.24, 2.45) is 0 Å². The molecule has 0 aliphatic heterocycles. The summed E-state index contributed by atoms with van der Waals surface area (Å²) in [6.07, 6.45) is 0. The van der Waals surface area contributed by atoms with Gasteiger partial charge >= 0.3 is 5.97 Å². The predicted molar refractivity (Wildman–Crippen MR) is 65.6 cm³/mol. The highest BCUT2D eigenvalue weighted by Crippen LogP contribution is 2.07. The van der Waals surface area contributed by atoms with E-state index in [1.165, 1.54) is 7.11 Å². The van der Waals surface area contributed by atoms with Gasteiger partial charge in [0, 0.05) is 13.1 Å². The van der Waals surface area contributed by atoms with Gasteiger partial charge in [0.25, 0.3) is 0 Å². The maximum atomic E-state index is 11.2. The van der Waals surface area contributed by atoms with Crippen LogP contribution in [0.3, 0.4) is 0 Å². The van der Waals surface area contributed by atoms with Crippen molar-refractivity contribution in [2.75, 3.05) is 20.2 Å². The van der Waals surface area contributed by atoms with E-state index in [-0.39, 0.29) is 5.97 Å². The number of carbonyl (C=O) groups excluding carboxylic acids is 1. The van der Waals surface area contributed by atoms with Crippen LogP contribution in [0.5, 0.6) is 0 Å². The van der Waals surface area contributed by atoms with Crippen molar-refractivity contribution in [2.45, 2.75) is 33.9 Å². The van der Waals surface area contributed by atoms with Gasteiger partial charge in [0.05, 0.1) is 25.0 Å². The maximum Gasteiger partial charge on any atom is 0.319 e. The summed E-state index contributed by atoms with van der Waals surface area (Å²) in [5.74, 6) is -0.203. The van der Waals surface area contributed by atoms with Gasteiger partial charge < -0.3 is 4.74 Å². The Kier molecular flexibility index (Phi) is 5.15. The van der Waals surface area contributed by atoms with Gasteiger partial charge in [0.15, 0.2) is 0 Å². The molecule has 5 heteroatoms. The first-order chi connectivity index (χ1) is 8.10. The molecule has 0 bridgehead atoms. The average molecular weight is 239 g/mol. The lowest BCUT2D eigenvalue weighted by Crippen LogP contribution is -2.30. The summed E-state index contributed by atoms with van der Waals surface area (Å²) in [6, 6.07) is 2.06. The van der Waals surface area contributed by atoms with Gasteiger partial charge in [-0.3, -0.25) is 14.4 Å². The number of aromatic nitrogens is 2. The Balaban J connectivity index is 2.69. The van der Waals surface area contributed by atoms with Crippen LogP contribution in [-0.4, -0.2) is 40.8 Å². The van der Waals surface area contributed by atoms with Gasteiger partial charge in [-0.05, 0) is 26.5 Å². The summed E-state index contributed by atoms with van der Waals surface area (Å²) < 4.78 is 6.65. The second-order valence-electron chi connectivity index (χ2n) is 3.97. The van der Waals surface area contributed by atoms with E-state index in [9.17, 15) is 4.79 Å². The topological polar surface area (TPSA) is 47.4 Å². The van der Waals surface area contributed by atoms with Crippen LogP contribution in [0.25, 0.3) is 0 Å². The molecule has 0 saturated heterocycles. The van der Waals surface area contributed by atoms with Gasteiger partial charge in [-0.2, -0.15) is 5.10 Å². The van der Waals surface area contributed by atoms with E-state index < -0.39 is 0 Å². The van der Waals surface area contributed by atoms with Crippen LogP contribution in [0.4, 0.5) is 0 Å². The minimum absolute atomic E-state index is 0.203. The Morgan fingerprint density at radius 2 is 2.24 bits per heavy atom. The SMILES string of the molecule is CCN(CC(=O)OC)Cc1cc(C)nn1CC. The summed E-state index contributed by atoms with van der Waals surface area (Å²) in [5, 5.41) is 4.39. The molecule has 1 aromatic rings. The van der Waals surface area contributed by atoms with Crippen LogP contribution < -0.4 is 0 Å². The molecule has 0 aliphatic rings. The molecule has 0 fully saturated rings. The molecule has 0 radical (unpaired) electrons. The molecule has 0 spiro atoms. The fraction of sp³-hybridized carbons (Fsp3) is 0.667. The number of nitrogens with zero attached hydrogens (tertiary/aromatic N) is 3. The Morgan fingerprint density at radius 3 is 2.76 bits per heavy atom. The first-order valence-electron chi connectivity index (χ1n) is 5.93. The molecular formula is C12H21N3O2. The van der Waals surface area contributed by atoms with Crippen LogP contribution in [0.2, 0.25) is 0 Å². The molecular weight excluding hydrogens is 218 g/mol. The van der Waals surface area contributed by atoms with E-state index in [2.05, 4.69) is 22.8 Å². The molecule has 1 aromatic heterocycles. The zero-order chi connectivity index (χ0) is 12.8. The molecule has 17 heavy (non-hydrogen) atoms. The van der Waals surface area contributed by atoms with Crippen molar-refractivity contribution in [1.29, 1.82) is 0 Å². The highest BCUT2D eigenvalue weighted by Gasteiger charge is 2.12. The summed E-state index contributed by atoms with van der Waals surface area (Å²) in [6.45, 7) is 8.77. The first-order valence-corrected chi connectivity index (χ1v) is 5.93. The minimum Gasteiger partial charge on any atom is -0.468 e. The van der Waals surface area contributed by atoms with Gasteiger partial charge in [-0.1, -0.05) is 6.92 Å². The van der Waals surface area contributed by atoms with Crippen LogP contribution >= 0.6 is 0 Å². The number of rotatable bonds is 6. The Morgan fingerprint density at radius 1 is 1.53 bits per heavy atom. The first kappa shape index (κ1) is 13.7. The Labute approximate surface area is 102 Å². The molecule has 0 aromatic carbocycles. The van der Waals surface area contributed by atoms with Crippen LogP contribution in [0.15, 0.2) is 6.07 Å². The zero-order valence-electron chi connectivity index (χ0n) is 11.1. The van der Waals surface area contributed by atoms with E-state index >= 15 is 0 Å². The minimum atomic E-state index is -0.203. The van der Waals surface area contributed by atoms with Crippen molar-refractivity contribution in [3.05, 3.63) is 17.5 Å². The Hall–Kier alpha value is -1.36. The zero-order valence-corrected chi connectivity index (χ0v) is 11.1. The fourth-order valence-electron chi connectivity index (χ4n) is 1.76. The second kappa shape index (κ2) is 6.39. The fourth-order valence-corrected chi connectivity index (χ4v) is 1.76. The summed E-state index contributed by atoms with van der Waals surface area (Å²) in [4.78, 5) is 13.3. The lowest BCUT2D eigenvalue weighted by atomic mass is 10.3. The molecule has 1 rings (SSSR count). The standard InChI is InChI=1S/C12H21N3O2/c1-5-14(9-12(16)17-4)8-11-7-10(3)13-15(11)6-2/h7H,5-6,8-9H2,1-4H3. The van der Waals surface area contributed by atoms with Gasteiger partial charge in [-0.25, -0.2) is 0 Å². The molecule has 0 atom stereocenters. The third-order valence-electron chi connectivity index (χ3n) is 2.70.